The zero-order valence-corrected chi connectivity index (χ0v) is 12.3. The molecular weight excluding hydrogens is 276 g/mol. The summed E-state index contributed by atoms with van der Waals surface area (Å²) in [4.78, 5) is 33.7. The highest BCUT2D eigenvalue weighted by atomic mass is 16.4. The van der Waals surface area contributed by atoms with Gasteiger partial charge in [-0.1, -0.05) is 6.92 Å². The monoisotopic (exact) mass is 296 g/mol. The summed E-state index contributed by atoms with van der Waals surface area (Å²) in [6, 6.07) is -0.493. The van der Waals surface area contributed by atoms with Gasteiger partial charge in [-0.15, -0.1) is 0 Å². The topological polar surface area (TPSA) is 113 Å². The van der Waals surface area contributed by atoms with E-state index >= 15 is 0 Å². The molecule has 0 saturated heterocycles. The average molecular weight is 296 g/mol. The smallest absolute Gasteiger partial charge is 0.325 e. The molecule has 0 fully saturated rings. The number of nitrogens with one attached hydrogen (secondary N) is 2. The predicted octanol–water partition coefficient (Wildman–Crippen LogP) is 1.61. The van der Waals surface area contributed by atoms with Gasteiger partial charge in [-0.2, -0.15) is 5.10 Å². The second kappa shape index (κ2) is 7.41. The van der Waals surface area contributed by atoms with Crippen molar-refractivity contribution < 1.29 is 19.5 Å². The van der Waals surface area contributed by atoms with Crippen molar-refractivity contribution in [2.45, 2.75) is 39.7 Å². The van der Waals surface area contributed by atoms with Crippen LogP contribution in [0.1, 0.15) is 39.7 Å². The highest BCUT2D eigenvalue weighted by Gasteiger charge is 2.15. The molecule has 1 unspecified atom stereocenters. The van der Waals surface area contributed by atoms with Crippen molar-refractivity contribution in [3.8, 4) is 0 Å². The molecule has 8 nitrogen and oxygen atoms in total. The molecule has 116 valence electrons. The van der Waals surface area contributed by atoms with E-state index in [-0.39, 0.29) is 24.8 Å². The quantitative estimate of drug-likeness (QED) is 0.738. The molecule has 21 heavy (non-hydrogen) atoms. The van der Waals surface area contributed by atoms with Crippen LogP contribution in [-0.4, -0.2) is 32.8 Å². The Kier molecular flexibility index (Phi) is 5.89. The lowest BCUT2D eigenvalue weighted by Crippen LogP contribution is -2.35. The fraction of sp³-hybridized carbons (Fsp3) is 0.538. The van der Waals surface area contributed by atoms with Crippen LogP contribution in [0.15, 0.2) is 12.4 Å². The summed E-state index contributed by atoms with van der Waals surface area (Å²) in [5.41, 5.74) is 0.479. The van der Waals surface area contributed by atoms with Gasteiger partial charge in [0.1, 0.15) is 0 Å². The normalized spacial score (nSPS) is 12.0. The van der Waals surface area contributed by atoms with Gasteiger partial charge in [0.05, 0.1) is 11.9 Å². The van der Waals surface area contributed by atoms with Crippen molar-refractivity contribution in [3.05, 3.63) is 12.4 Å². The van der Waals surface area contributed by atoms with Crippen molar-refractivity contribution in [2.75, 3.05) is 5.32 Å². The van der Waals surface area contributed by atoms with Crippen LogP contribution >= 0.6 is 0 Å². The second-order valence-corrected chi connectivity index (χ2v) is 5.21. The molecule has 1 atom stereocenters. The van der Waals surface area contributed by atoms with E-state index in [1.807, 2.05) is 13.8 Å². The molecule has 8 heteroatoms. The molecule has 1 aromatic rings. The Bertz CT molecular complexity index is 524. The van der Waals surface area contributed by atoms with Crippen LogP contribution in [0.25, 0.3) is 0 Å². The first-order chi connectivity index (χ1) is 9.77. The highest BCUT2D eigenvalue weighted by Crippen LogP contribution is 2.10. The standard InChI is InChI=1S/C13H20N4O4/c1-8(2)17-7-10(6-14-17)15-13(21)16-11(18)4-9(3)5-12(19)20/h6-9H,4-5H2,1-3H3,(H,19,20)(H2,15,16,18,21). The van der Waals surface area contributed by atoms with Crippen LogP contribution in [0.4, 0.5) is 10.5 Å². The first-order valence-electron chi connectivity index (χ1n) is 6.64. The highest BCUT2D eigenvalue weighted by molar-refractivity contribution is 6.01. The molecule has 0 aromatic carbocycles. The Morgan fingerprint density at radius 3 is 2.48 bits per heavy atom. The summed E-state index contributed by atoms with van der Waals surface area (Å²) in [6.45, 7) is 5.53. The molecule has 0 aliphatic rings. The lowest BCUT2D eigenvalue weighted by molar-refractivity contribution is -0.138. The minimum Gasteiger partial charge on any atom is -0.481 e. The molecule has 0 saturated carbocycles. The van der Waals surface area contributed by atoms with Gasteiger partial charge in [0, 0.05) is 25.1 Å². The fourth-order valence-electron chi connectivity index (χ4n) is 1.71. The van der Waals surface area contributed by atoms with Gasteiger partial charge < -0.3 is 10.4 Å². The van der Waals surface area contributed by atoms with Crippen LogP contribution in [0.2, 0.25) is 0 Å². The number of imide groups is 1. The van der Waals surface area contributed by atoms with Gasteiger partial charge in [-0.3, -0.25) is 19.6 Å². The Morgan fingerprint density at radius 1 is 1.29 bits per heavy atom. The largest absolute Gasteiger partial charge is 0.481 e. The summed E-state index contributed by atoms with van der Waals surface area (Å²) < 4.78 is 1.67. The third-order valence-corrected chi connectivity index (χ3v) is 2.70. The number of carbonyl (C=O) groups excluding carboxylic acids is 2. The van der Waals surface area contributed by atoms with E-state index in [1.165, 1.54) is 6.20 Å². The number of carboxylic acid groups (broad SMARTS) is 1. The number of hydrogen-bond donors (Lipinski definition) is 3. The molecule has 0 aliphatic heterocycles. The van der Waals surface area contributed by atoms with Crippen LogP contribution in [0.5, 0.6) is 0 Å². The fourth-order valence-corrected chi connectivity index (χ4v) is 1.71. The van der Waals surface area contributed by atoms with E-state index in [0.29, 0.717) is 5.69 Å². The summed E-state index contributed by atoms with van der Waals surface area (Å²) in [6.07, 6.45) is 3.00. The number of hydrogen-bond acceptors (Lipinski definition) is 4. The minimum atomic E-state index is -0.971. The summed E-state index contributed by atoms with van der Waals surface area (Å²) >= 11 is 0. The molecule has 1 rings (SSSR count). The molecule has 0 spiro atoms. The van der Waals surface area contributed by atoms with Crippen LogP contribution in [-0.2, 0) is 9.59 Å². The summed E-state index contributed by atoms with van der Waals surface area (Å²) in [5, 5.41) is 17.3. The van der Waals surface area contributed by atoms with Crippen LogP contribution in [0, 0.1) is 5.92 Å². The molecular formula is C13H20N4O4. The summed E-state index contributed by atoms with van der Waals surface area (Å²) in [5.74, 6) is -1.82. The van der Waals surface area contributed by atoms with E-state index in [9.17, 15) is 14.4 Å². The molecule has 0 bridgehead atoms. The van der Waals surface area contributed by atoms with Crippen molar-refractivity contribution in [2.24, 2.45) is 5.92 Å². The lowest BCUT2D eigenvalue weighted by atomic mass is 10.0. The number of aromatic nitrogens is 2. The number of urea groups is 1. The van der Waals surface area contributed by atoms with E-state index in [1.54, 1.807) is 17.8 Å². The van der Waals surface area contributed by atoms with Crippen LogP contribution in [0.3, 0.4) is 0 Å². The lowest BCUT2D eigenvalue weighted by Gasteiger charge is -2.09. The second-order valence-electron chi connectivity index (χ2n) is 5.21. The number of anilines is 1. The number of nitrogens with zero attached hydrogens (tertiary/aromatic N) is 2. The first-order valence-corrected chi connectivity index (χ1v) is 6.64. The number of carboxylic acids is 1. The van der Waals surface area contributed by atoms with E-state index < -0.39 is 17.9 Å². The maximum Gasteiger partial charge on any atom is 0.325 e. The third kappa shape index (κ3) is 6.07. The van der Waals surface area contributed by atoms with Crippen molar-refractivity contribution in [1.29, 1.82) is 0 Å². The first kappa shape index (κ1) is 16.7. The average Bonchev–Trinajstić information content (AvgIpc) is 2.75. The molecule has 3 amide bonds. The predicted molar refractivity (Wildman–Crippen MR) is 75.8 cm³/mol. The molecule has 0 radical (unpaired) electrons. The SMILES string of the molecule is CC(CC(=O)O)CC(=O)NC(=O)Nc1cnn(C(C)C)c1. The van der Waals surface area contributed by atoms with Crippen molar-refractivity contribution >= 4 is 23.6 Å². The molecule has 0 aliphatic carbocycles. The molecule has 3 N–H and O–H groups in total. The zero-order valence-electron chi connectivity index (χ0n) is 12.3. The van der Waals surface area contributed by atoms with E-state index in [4.69, 9.17) is 5.11 Å². The zero-order chi connectivity index (χ0) is 16.0. The number of aliphatic carboxylic acids is 1. The third-order valence-electron chi connectivity index (χ3n) is 2.70. The maximum atomic E-state index is 11.6. The van der Waals surface area contributed by atoms with Gasteiger partial charge >= 0.3 is 12.0 Å². The Hall–Kier alpha value is -2.38. The van der Waals surface area contributed by atoms with Gasteiger partial charge in [-0.05, 0) is 19.8 Å². The van der Waals surface area contributed by atoms with Crippen molar-refractivity contribution in [1.82, 2.24) is 15.1 Å². The van der Waals surface area contributed by atoms with Crippen molar-refractivity contribution in [3.63, 3.8) is 0 Å². The maximum absolute atomic E-state index is 11.6. The van der Waals surface area contributed by atoms with Gasteiger partial charge in [0.25, 0.3) is 0 Å². The van der Waals surface area contributed by atoms with Gasteiger partial charge in [0.2, 0.25) is 5.91 Å². The Labute approximate surface area is 122 Å². The molecule has 1 aromatic heterocycles. The van der Waals surface area contributed by atoms with E-state index in [2.05, 4.69) is 15.7 Å². The summed E-state index contributed by atoms with van der Waals surface area (Å²) in [7, 11) is 0. The number of carbonyl (C=O) groups is 3. The van der Waals surface area contributed by atoms with E-state index in [0.717, 1.165) is 0 Å². The molecule has 1 heterocycles. The Balaban J connectivity index is 2.42. The van der Waals surface area contributed by atoms with Gasteiger partial charge in [-0.25, -0.2) is 4.79 Å². The van der Waals surface area contributed by atoms with Crippen LogP contribution < -0.4 is 10.6 Å². The number of rotatable bonds is 6. The van der Waals surface area contributed by atoms with Gasteiger partial charge in [0.15, 0.2) is 0 Å². The minimum absolute atomic E-state index is 0.0228. The number of amides is 3. The Morgan fingerprint density at radius 2 is 1.95 bits per heavy atom.